The van der Waals surface area contributed by atoms with E-state index in [1.54, 1.807) is 23.3 Å². The van der Waals surface area contributed by atoms with Crippen molar-refractivity contribution in [3.63, 3.8) is 0 Å². The third-order valence-corrected chi connectivity index (χ3v) is 2.10. The maximum absolute atomic E-state index is 11.1. The average Bonchev–Trinajstić information content (AvgIpc) is 2.78. The van der Waals surface area contributed by atoms with E-state index in [0.29, 0.717) is 0 Å². The standard InChI is InChI=1S/C11H11N3O2/c1-16-11(15)6-9-7-13-14(8-9)10-4-2-3-5-12-10/h2-5,7-8H,6H2,1H3. The number of pyridine rings is 1. The van der Waals surface area contributed by atoms with Crippen molar-refractivity contribution in [2.24, 2.45) is 0 Å². The Bertz CT molecular complexity index is 479. The summed E-state index contributed by atoms with van der Waals surface area (Å²) in [5, 5.41) is 4.12. The van der Waals surface area contributed by atoms with E-state index in [-0.39, 0.29) is 12.4 Å². The van der Waals surface area contributed by atoms with E-state index in [1.165, 1.54) is 7.11 Å². The maximum Gasteiger partial charge on any atom is 0.310 e. The van der Waals surface area contributed by atoms with Gasteiger partial charge in [-0.05, 0) is 12.1 Å². The molecule has 0 fully saturated rings. The molecule has 0 bridgehead atoms. The van der Waals surface area contributed by atoms with Crippen LogP contribution < -0.4 is 0 Å². The van der Waals surface area contributed by atoms with Gasteiger partial charge in [0.1, 0.15) is 0 Å². The summed E-state index contributed by atoms with van der Waals surface area (Å²) in [6.07, 6.45) is 5.31. The molecule has 0 atom stereocenters. The Hall–Kier alpha value is -2.17. The molecule has 0 aliphatic heterocycles. The zero-order chi connectivity index (χ0) is 11.4. The second kappa shape index (κ2) is 4.57. The second-order valence-corrected chi connectivity index (χ2v) is 3.23. The van der Waals surface area contributed by atoms with Crippen LogP contribution in [-0.4, -0.2) is 27.8 Å². The van der Waals surface area contributed by atoms with Crippen LogP contribution in [0.4, 0.5) is 0 Å². The van der Waals surface area contributed by atoms with Gasteiger partial charge in [0, 0.05) is 18.0 Å². The predicted octanol–water partition coefficient (Wildman–Crippen LogP) is 0.983. The van der Waals surface area contributed by atoms with Crippen molar-refractivity contribution in [1.82, 2.24) is 14.8 Å². The second-order valence-electron chi connectivity index (χ2n) is 3.23. The summed E-state index contributed by atoms with van der Waals surface area (Å²) in [6.45, 7) is 0. The van der Waals surface area contributed by atoms with Crippen LogP contribution >= 0.6 is 0 Å². The third-order valence-electron chi connectivity index (χ3n) is 2.10. The number of nitrogens with zero attached hydrogens (tertiary/aromatic N) is 3. The first-order valence-electron chi connectivity index (χ1n) is 4.81. The highest BCUT2D eigenvalue weighted by molar-refractivity contribution is 5.72. The number of hydrogen-bond donors (Lipinski definition) is 0. The molecule has 0 aromatic carbocycles. The highest BCUT2D eigenvalue weighted by atomic mass is 16.5. The first-order chi connectivity index (χ1) is 7.79. The minimum absolute atomic E-state index is 0.226. The van der Waals surface area contributed by atoms with E-state index in [2.05, 4.69) is 14.8 Å². The number of methoxy groups -OCH3 is 1. The van der Waals surface area contributed by atoms with Crippen molar-refractivity contribution in [1.29, 1.82) is 0 Å². The van der Waals surface area contributed by atoms with Gasteiger partial charge in [0.05, 0.1) is 19.7 Å². The van der Waals surface area contributed by atoms with Gasteiger partial charge < -0.3 is 4.74 Å². The summed E-state index contributed by atoms with van der Waals surface area (Å²) in [6, 6.07) is 5.56. The average molecular weight is 217 g/mol. The van der Waals surface area contributed by atoms with Crippen LogP contribution in [0, 0.1) is 0 Å². The largest absolute Gasteiger partial charge is 0.469 e. The minimum Gasteiger partial charge on any atom is -0.469 e. The van der Waals surface area contributed by atoms with Crippen molar-refractivity contribution >= 4 is 5.97 Å². The molecule has 0 radical (unpaired) electrons. The van der Waals surface area contributed by atoms with Crippen LogP contribution in [0.1, 0.15) is 5.56 Å². The Morgan fingerprint density at radius 1 is 1.50 bits per heavy atom. The Kier molecular flexibility index (Phi) is 2.95. The van der Waals surface area contributed by atoms with Gasteiger partial charge in [-0.3, -0.25) is 4.79 Å². The van der Waals surface area contributed by atoms with Crippen LogP contribution in [0.15, 0.2) is 36.8 Å². The fourth-order valence-electron chi connectivity index (χ4n) is 1.30. The number of carbonyl (C=O) groups excluding carboxylic acids is 1. The summed E-state index contributed by atoms with van der Waals surface area (Å²) in [5.41, 5.74) is 0.803. The molecule has 0 spiro atoms. The number of esters is 1. The number of rotatable bonds is 3. The third kappa shape index (κ3) is 2.25. The smallest absolute Gasteiger partial charge is 0.310 e. The van der Waals surface area contributed by atoms with Crippen LogP contribution in [0.25, 0.3) is 5.82 Å². The Labute approximate surface area is 92.7 Å². The molecular formula is C11H11N3O2. The van der Waals surface area contributed by atoms with E-state index < -0.39 is 0 Å². The molecule has 0 N–H and O–H groups in total. The Morgan fingerprint density at radius 2 is 2.38 bits per heavy atom. The molecular weight excluding hydrogens is 206 g/mol. The summed E-state index contributed by atoms with van der Waals surface area (Å²) in [5.74, 6) is 0.444. The number of hydrogen-bond acceptors (Lipinski definition) is 4. The van der Waals surface area contributed by atoms with Crippen molar-refractivity contribution in [3.8, 4) is 5.82 Å². The molecule has 0 aliphatic rings. The Morgan fingerprint density at radius 3 is 3.06 bits per heavy atom. The quantitative estimate of drug-likeness (QED) is 0.719. The minimum atomic E-state index is -0.277. The lowest BCUT2D eigenvalue weighted by Crippen LogP contribution is -2.03. The van der Waals surface area contributed by atoms with Crippen LogP contribution in [0.2, 0.25) is 0 Å². The van der Waals surface area contributed by atoms with Gasteiger partial charge in [-0.25, -0.2) is 9.67 Å². The van der Waals surface area contributed by atoms with E-state index >= 15 is 0 Å². The molecule has 5 heteroatoms. The molecule has 0 aliphatic carbocycles. The molecule has 2 heterocycles. The van der Waals surface area contributed by atoms with Gasteiger partial charge in [0.15, 0.2) is 5.82 Å². The van der Waals surface area contributed by atoms with Crippen LogP contribution in [0.3, 0.4) is 0 Å². The van der Waals surface area contributed by atoms with E-state index in [9.17, 15) is 4.79 Å². The first-order valence-corrected chi connectivity index (χ1v) is 4.81. The predicted molar refractivity (Wildman–Crippen MR) is 57.1 cm³/mol. The van der Waals surface area contributed by atoms with Gasteiger partial charge in [0.2, 0.25) is 0 Å². The topological polar surface area (TPSA) is 57.0 Å². The molecule has 2 aromatic heterocycles. The SMILES string of the molecule is COC(=O)Cc1cnn(-c2ccccn2)c1. The van der Waals surface area contributed by atoms with Gasteiger partial charge in [-0.2, -0.15) is 5.10 Å². The number of carbonyl (C=O) groups is 1. The fourth-order valence-corrected chi connectivity index (χ4v) is 1.30. The molecule has 0 saturated heterocycles. The Balaban J connectivity index is 2.17. The number of ether oxygens (including phenoxy) is 1. The van der Waals surface area contributed by atoms with E-state index in [4.69, 9.17) is 0 Å². The van der Waals surface area contributed by atoms with Gasteiger partial charge in [-0.1, -0.05) is 6.07 Å². The van der Waals surface area contributed by atoms with Gasteiger partial charge >= 0.3 is 5.97 Å². The summed E-state index contributed by atoms with van der Waals surface area (Å²) in [4.78, 5) is 15.2. The van der Waals surface area contributed by atoms with Crippen molar-refractivity contribution in [2.45, 2.75) is 6.42 Å². The number of aromatic nitrogens is 3. The molecule has 5 nitrogen and oxygen atoms in total. The monoisotopic (exact) mass is 217 g/mol. The van der Waals surface area contributed by atoms with Crippen LogP contribution in [-0.2, 0) is 16.0 Å². The van der Waals surface area contributed by atoms with E-state index in [1.807, 2.05) is 18.2 Å². The normalized spacial score (nSPS) is 10.1. The molecule has 2 rings (SSSR count). The van der Waals surface area contributed by atoms with Crippen molar-refractivity contribution < 1.29 is 9.53 Å². The highest BCUT2D eigenvalue weighted by Gasteiger charge is 2.06. The summed E-state index contributed by atoms with van der Waals surface area (Å²) in [7, 11) is 1.37. The van der Waals surface area contributed by atoms with Crippen LogP contribution in [0.5, 0.6) is 0 Å². The van der Waals surface area contributed by atoms with Crippen molar-refractivity contribution in [3.05, 3.63) is 42.4 Å². The molecule has 0 saturated carbocycles. The lowest BCUT2D eigenvalue weighted by atomic mass is 10.3. The molecule has 0 amide bonds. The lowest BCUT2D eigenvalue weighted by molar-refractivity contribution is -0.139. The summed E-state index contributed by atoms with van der Waals surface area (Å²) >= 11 is 0. The molecule has 0 unspecified atom stereocenters. The first kappa shape index (κ1) is 10.4. The molecule has 16 heavy (non-hydrogen) atoms. The summed E-state index contributed by atoms with van der Waals surface area (Å²) < 4.78 is 6.20. The van der Waals surface area contributed by atoms with Gasteiger partial charge in [-0.15, -0.1) is 0 Å². The zero-order valence-electron chi connectivity index (χ0n) is 8.83. The maximum atomic E-state index is 11.1. The van der Waals surface area contributed by atoms with Crippen molar-refractivity contribution in [2.75, 3.05) is 7.11 Å². The molecule has 2 aromatic rings. The van der Waals surface area contributed by atoms with Gasteiger partial charge in [0.25, 0.3) is 0 Å². The van der Waals surface area contributed by atoms with E-state index in [0.717, 1.165) is 11.4 Å². The fraction of sp³-hybridized carbons (Fsp3) is 0.182. The highest BCUT2D eigenvalue weighted by Crippen LogP contribution is 2.05. The lowest BCUT2D eigenvalue weighted by Gasteiger charge is -1.97. The zero-order valence-corrected chi connectivity index (χ0v) is 8.83. The molecule has 82 valence electrons.